The molecule has 3 nitrogen and oxygen atoms in total. The third kappa shape index (κ3) is 4.66. The number of anilines is 6. The molecule has 0 aliphatic heterocycles. The molecular weight excluding hydrogens is 667 g/mol. The van der Waals surface area contributed by atoms with Crippen LogP contribution < -0.4 is 9.80 Å². The van der Waals surface area contributed by atoms with Crippen molar-refractivity contribution in [2.24, 2.45) is 0 Å². The molecule has 1 heterocycles. The third-order valence-corrected chi connectivity index (χ3v) is 11.8. The normalized spacial score (nSPS) is 13.1. The van der Waals surface area contributed by atoms with Gasteiger partial charge < -0.3 is 4.90 Å². The average Bonchev–Trinajstić information content (AvgIpc) is 3.47. The zero-order valence-electron chi connectivity index (χ0n) is 30.7. The van der Waals surface area contributed by atoms with E-state index in [4.69, 9.17) is 4.98 Å². The summed E-state index contributed by atoms with van der Waals surface area (Å²) in [6, 6.07) is 66.3. The van der Waals surface area contributed by atoms with Crippen molar-refractivity contribution in [2.45, 2.75) is 19.3 Å². The van der Waals surface area contributed by atoms with Gasteiger partial charge in [-0.15, -0.1) is 0 Å². The van der Waals surface area contributed by atoms with Crippen molar-refractivity contribution in [3.8, 4) is 11.1 Å². The average molecular weight is 704 g/mol. The number of hydrogen-bond acceptors (Lipinski definition) is 3. The van der Waals surface area contributed by atoms with Crippen LogP contribution in [0.1, 0.15) is 25.0 Å². The first-order chi connectivity index (χ1) is 27.1. The summed E-state index contributed by atoms with van der Waals surface area (Å²) in [6.07, 6.45) is 1.87. The Morgan fingerprint density at radius 1 is 0.382 bits per heavy atom. The van der Waals surface area contributed by atoms with E-state index in [0.29, 0.717) is 0 Å². The van der Waals surface area contributed by atoms with Crippen LogP contribution >= 0.6 is 0 Å². The summed E-state index contributed by atoms with van der Waals surface area (Å²) < 4.78 is 0. The monoisotopic (exact) mass is 703 g/mol. The van der Waals surface area contributed by atoms with Gasteiger partial charge in [0, 0.05) is 50.2 Å². The first-order valence-electron chi connectivity index (χ1n) is 19.1. The summed E-state index contributed by atoms with van der Waals surface area (Å²) in [7, 11) is 0. The molecule has 0 unspecified atom stereocenters. The first-order valence-corrected chi connectivity index (χ1v) is 19.1. The van der Waals surface area contributed by atoms with Gasteiger partial charge in [0.05, 0.1) is 11.4 Å². The summed E-state index contributed by atoms with van der Waals surface area (Å²) in [5, 5.41) is 9.98. The van der Waals surface area contributed by atoms with Crippen molar-refractivity contribution in [3.05, 3.63) is 199 Å². The lowest BCUT2D eigenvalue weighted by atomic mass is 9.82. The standard InChI is InChI=1S/C52H37N3/c1-52(2)45-22-12-11-21-39(45)40-25-24-36(33-46(40)52)54(34-15-5-3-6-16-34)47-30-28-41-37-19-9-10-20-38(37)42-29-31-48(44-27-26-43(47)50(41)51(42)44)55(35-17-7-4-8-18-35)49-23-13-14-32-53-49/h3-33H,1-2H3. The van der Waals surface area contributed by atoms with Gasteiger partial charge in [0.1, 0.15) is 5.82 Å². The van der Waals surface area contributed by atoms with E-state index in [1.54, 1.807) is 0 Å². The van der Waals surface area contributed by atoms with Crippen LogP contribution in [0.4, 0.5) is 34.3 Å². The van der Waals surface area contributed by atoms with Crippen LogP contribution in [0.2, 0.25) is 0 Å². The molecule has 55 heavy (non-hydrogen) atoms. The Morgan fingerprint density at radius 2 is 0.909 bits per heavy atom. The Morgan fingerprint density at radius 3 is 1.55 bits per heavy atom. The van der Waals surface area contributed by atoms with Gasteiger partial charge >= 0.3 is 0 Å². The summed E-state index contributed by atoms with van der Waals surface area (Å²) in [4.78, 5) is 9.61. The highest BCUT2D eigenvalue weighted by Crippen LogP contribution is 2.53. The topological polar surface area (TPSA) is 19.4 Å². The Bertz CT molecular complexity index is 3020. The maximum absolute atomic E-state index is 4.86. The van der Waals surface area contributed by atoms with Crippen LogP contribution in [0.25, 0.3) is 54.2 Å². The second kappa shape index (κ2) is 12.0. The Balaban J connectivity index is 1.21. The van der Waals surface area contributed by atoms with E-state index in [9.17, 15) is 0 Å². The lowest BCUT2D eigenvalue weighted by Crippen LogP contribution is -2.16. The van der Waals surface area contributed by atoms with Crippen molar-refractivity contribution in [1.29, 1.82) is 0 Å². The Hall–Kier alpha value is -6.97. The van der Waals surface area contributed by atoms with Gasteiger partial charge in [-0.2, -0.15) is 0 Å². The highest BCUT2D eigenvalue weighted by Gasteiger charge is 2.36. The molecule has 0 amide bonds. The first kappa shape index (κ1) is 31.5. The highest BCUT2D eigenvalue weighted by atomic mass is 15.2. The van der Waals surface area contributed by atoms with E-state index < -0.39 is 0 Å². The van der Waals surface area contributed by atoms with Crippen molar-refractivity contribution in [2.75, 3.05) is 9.80 Å². The molecule has 9 aromatic carbocycles. The maximum atomic E-state index is 4.86. The molecule has 0 atom stereocenters. The van der Waals surface area contributed by atoms with Crippen LogP contribution in [-0.4, -0.2) is 4.98 Å². The third-order valence-electron chi connectivity index (χ3n) is 11.8. The fourth-order valence-electron chi connectivity index (χ4n) is 9.35. The predicted octanol–water partition coefficient (Wildman–Crippen LogP) is 14.4. The molecule has 0 spiro atoms. The SMILES string of the molecule is CC1(C)c2ccccc2-c2ccc(N(c3ccccc3)c3ccc4c5ccccc5c5ccc(N(c6ccccc6)c6ccccn6)c6ccc3c4c65)cc21. The number of rotatable bonds is 6. The molecule has 1 aliphatic rings. The minimum atomic E-state index is -0.111. The fraction of sp³-hybridized carbons (Fsp3) is 0.0577. The lowest BCUT2D eigenvalue weighted by molar-refractivity contribution is 0.660. The molecule has 0 fully saturated rings. The maximum Gasteiger partial charge on any atom is 0.137 e. The van der Waals surface area contributed by atoms with Crippen molar-refractivity contribution >= 4 is 77.3 Å². The van der Waals surface area contributed by atoms with Crippen molar-refractivity contribution in [3.63, 3.8) is 0 Å². The van der Waals surface area contributed by atoms with E-state index >= 15 is 0 Å². The number of benzene rings is 9. The number of fused-ring (bicyclic) bond motifs is 6. The summed E-state index contributed by atoms with van der Waals surface area (Å²) in [6.45, 7) is 4.72. The fourth-order valence-corrected chi connectivity index (χ4v) is 9.35. The van der Waals surface area contributed by atoms with Crippen molar-refractivity contribution in [1.82, 2.24) is 4.98 Å². The number of para-hydroxylation sites is 2. The summed E-state index contributed by atoms with van der Waals surface area (Å²) in [5.74, 6) is 0.881. The Labute approximate surface area is 320 Å². The second-order valence-corrected chi connectivity index (χ2v) is 15.2. The molecule has 1 aliphatic carbocycles. The van der Waals surface area contributed by atoms with Gasteiger partial charge in [-0.05, 0) is 104 Å². The lowest BCUT2D eigenvalue weighted by Gasteiger charge is -2.30. The van der Waals surface area contributed by atoms with Crippen LogP contribution in [0.5, 0.6) is 0 Å². The number of pyridine rings is 1. The molecule has 260 valence electrons. The van der Waals surface area contributed by atoms with Crippen molar-refractivity contribution < 1.29 is 0 Å². The molecule has 0 bridgehead atoms. The molecule has 0 saturated heterocycles. The highest BCUT2D eigenvalue weighted by molar-refractivity contribution is 6.36. The van der Waals surface area contributed by atoms with Gasteiger partial charge in [0.15, 0.2) is 0 Å². The molecule has 3 heteroatoms. The molecule has 0 radical (unpaired) electrons. The van der Waals surface area contributed by atoms with Gasteiger partial charge in [0.2, 0.25) is 0 Å². The molecule has 0 saturated carbocycles. The quantitative estimate of drug-likeness (QED) is 0.127. The van der Waals surface area contributed by atoms with Gasteiger partial charge in [-0.25, -0.2) is 4.98 Å². The molecular formula is C52H37N3. The van der Waals surface area contributed by atoms with E-state index in [1.165, 1.54) is 65.3 Å². The second-order valence-electron chi connectivity index (χ2n) is 15.2. The molecule has 11 rings (SSSR count). The predicted molar refractivity (Wildman–Crippen MR) is 232 cm³/mol. The zero-order chi connectivity index (χ0) is 36.7. The van der Waals surface area contributed by atoms with E-state index in [1.807, 2.05) is 12.3 Å². The largest absolute Gasteiger partial charge is 0.310 e. The van der Waals surface area contributed by atoms with Crippen LogP contribution in [0, 0.1) is 0 Å². The number of aromatic nitrogens is 1. The number of nitrogens with zero attached hydrogens (tertiary/aromatic N) is 3. The van der Waals surface area contributed by atoms with E-state index in [0.717, 1.165) is 34.3 Å². The van der Waals surface area contributed by atoms with Crippen LogP contribution in [0.15, 0.2) is 188 Å². The molecule has 0 N–H and O–H groups in total. The van der Waals surface area contributed by atoms with Crippen LogP contribution in [0.3, 0.4) is 0 Å². The van der Waals surface area contributed by atoms with Gasteiger partial charge in [-0.3, -0.25) is 4.90 Å². The number of hydrogen-bond donors (Lipinski definition) is 0. The van der Waals surface area contributed by atoms with E-state index in [2.05, 4.69) is 200 Å². The minimum Gasteiger partial charge on any atom is -0.310 e. The molecule has 10 aromatic rings. The smallest absolute Gasteiger partial charge is 0.137 e. The molecule has 1 aromatic heterocycles. The summed E-state index contributed by atoms with van der Waals surface area (Å²) >= 11 is 0. The van der Waals surface area contributed by atoms with Gasteiger partial charge in [0.25, 0.3) is 0 Å². The van der Waals surface area contributed by atoms with Gasteiger partial charge in [-0.1, -0.05) is 135 Å². The summed E-state index contributed by atoms with van der Waals surface area (Å²) in [5.41, 5.74) is 10.9. The minimum absolute atomic E-state index is 0.111. The van der Waals surface area contributed by atoms with Crippen LogP contribution in [-0.2, 0) is 5.41 Å². The Kier molecular flexibility index (Phi) is 6.90. The van der Waals surface area contributed by atoms with E-state index in [-0.39, 0.29) is 5.41 Å². The zero-order valence-corrected chi connectivity index (χ0v) is 30.7.